The Balaban J connectivity index is 1.44. The lowest BCUT2D eigenvalue weighted by molar-refractivity contribution is -0.119. The molecule has 2 aromatic carbocycles. The van der Waals surface area contributed by atoms with Crippen LogP contribution in [0.25, 0.3) is 5.69 Å². The molecule has 2 aromatic heterocycles. The number of aryl methyl sites for hydroxylation is 2. The Morgan fingerprint density at radius 1 is 1.13 bits per heavy atom. The quantitative estimate of drug-likeness (QED) is 0.429. The van der Waals surface area contributed by atoms with Gasteiger partial charge in [-0.15, -0.1) is 0 Å². The van der Waals surface area contributed by atoms with Crippen LogP contribution in [0.1, 0.15) is 22.7 Å². The molecular formula is C23H24N6OS. The number of hydrogen-bond acceptors (Lipinski definition) is 5. The number of imidazole rings is 1. The molecule has 0 radical (unpaired) electrons. The largest absolute Gasteiger partial charge is 0.347 e. The van der Waals surface area contributed by atoms with Gasteiger partial charge in [0.2, 0.25) is 5.91 Å². The molecule has 7 nitrogen and oxygen atoms in total. The summed E-state index contributed by atoms with van der Waals surface area (Å²) in [4.78, 5) is 21.2. The molecule has 1 atom stereocenters. The zero-order chi connectivity index (χ0) is 21.6. The number of nitrogens with zero attached hydrogens (tertiary/aromatic N) is 5. The molecule has 1 unspecified atom stereocenters. The summed E-state index contributed by atoms with van der Waals surface area (Å²) in [6.45, 7) is 4.66. The van der Waals surface area contributed by atoms with E-state index in [1.54, 1.807) is 17.2 Å². The van der Waals surface area contributed by atoms with E-state index < -0.39 is 0 Å². The fraction of sp³-hybridized carbons (Fsp3) is 0.217. The first-order chi connectivity index (χ1) is 15.1. The van der Waals surface area contributed by atoms with E-state index in [0.29, 0.717) is 6.54 Å². The van der Waals surface area contributed by atoms with Gasteiger partial charge in [-0.3, -0.25) is 14.0 Å². The van der Waals surface area contributed by atoms with Crippen molar-refractivity contribution < 1.29 is 4.79 Å². The first-order valence-electron chi connectivity index (χ1n) is 10.00. The number of thioether (sulfide) groups is 1. The number of benzene rings is 2. The summed E-state index contributed by atoms with van der Waals surface area (Å²) < 4.78 is 3.74. The van der Waals surface area contributed by atoms with Crippen LogP contribution in [-0.2, 0) is 11.3 Å². The molecule has 0 saturated carbocycles. The van der Waals surface area contributed by atoms with Gasteiger partial charge in [-0.2, -0.15) is 5.10 Å². The fourth-order valence-electron chi connectivity index (χ4n) is 3.48. The van der Waals surface area contributed by atoms with Crippen molar-refractivity contribution in [1.82, 2.24) is 29.6 Å². The average Bonchev–Trinajstić information content (AvgIpc) is 3.44. The molecule has 0 fully saturated rings. The molecule has 0 spiro atoms. The Hall–Kier alpha value is -3.39. The minimum atomic E-state index is -0.199. The highest BCUT2D eigenvalue weighted by Gasteiger charge is 2.17. The van der Waals surface area contributed by atoms with Crippen LogP contribution in [0, 0.1) is 13.8 Å². The minimum absolute atomic E-state index is 0.0612. The predicted molar refractivity (Wildman–Crippen MR) is 121 cm³/mol. The van der Waals surface area contributed by atoms with Gasteiger partial charge in [0.1, 0.15) is 12.7 Å². The Bertz CT molecular complexity index is 1120. The summed E-state index contributed by atoms with van der Waals surface area (Å²) in [5.41, 5.74) is 4.45. The van der Waals surface area contributed by atoms with Crippen LogP contribution in [0.5, 0.6) is 0 Å². The Labute approximate surface area is 185 Å². The van der Waals surface area contributed by atoms with Gasteiger partial charge in [0.25, 0.3) is 0 Å². The molecule has 158 valence electrons. The zero-order valence-electron chi connectivity index (χ0n) is 17.5. The number of carbonyl (C=O) groups is 1. The standard InChI is InChI=1S/C23H24N6OS/c1-17-10-18(2)12-20(11-17)29-9-8-25-23(29)31-14-22(30)27-21(13-28-16-24-15-26-28)19-6-4-3-5-7-19/h3-12,15-16,21H,13-14H2,1-2H3,(H,27,30). The molecule has 4 rings (SSSR count). The van der Waals surface area contributed by atoms with Crippen molar-refractivity contribution >= 4 is 17.7 Å². The lowest BCUT2D eigenvalue weighted by Gasteiger charge is -2.19. The molecule has 0 bridgehead atoms. The second kappa shape index (κ2) is 9.61. The van der Waals surface area contributed by atoms with Gasteiger partial charge in [0, 0.05) is 18.1 Å². The molecular weight excluding hydrogens is 408 g/mol. The third-order valence-electron chi connectivity index (χ3n) is 4.80. The van der Waals surface area contributed by atoms with Crippen LogP contribution in [0.3, 0.4) is 0 Å². The van der Waals surface area contributed by atoms with Gasteiger partial charge >= 0.3 is 0 Å². The molecule has 2 heterocycles. The van der Waals surface area contributed by atoms with E-state index >= 15 is 0 Å². The summed E-state index contributed by atoms with van der Waals surface area (Å²) in [6.07, 6.45) is 6.82. The van der Waals surface area contributed by atoms with E-state index in [9.17, 15) is 4.79 Å². The topological polar surface area (TPSA) is 77.6 Å². The molecule has 0 saturated heterocycles. The van der Waals surface area contributed by atoms with Gasteiger partial charge in [0.15, 0.2) is 5.16 Å². The van der Waals surface area contributed by atoms with Gasteiger partial charge in [-0.1, -0.05) is 48.2 Å². The SMILES string of the molecule is Cc1cc(C)cc(-n2ccnc2SCC(=O)NC(Cn2cncn2)c2ccccc2)c1. The molecule has 31 heavy (non-hydrogen) atoms. The van der Waals surface area contributed by atoms with Crippen LogP contribution >= 0.6 is 11.8 Å². The molecule has 0 aliphatic rings. The fourth-order valence-corrected chi connectivity index (χ4v) is 4.27. The number of rotatable bonds is 8. The maximum atomic E-state index is 12.8. The monoisotopic (exact) mass is 432 g/mol. The molecule has 8 heteroatoms. The Kier molecular flexibility index (Phi) is 6.47. The molecule has 1 amide bonds. The van der Waals surface area contributed by atoms with Crippen LogP contribution < -0.4 is 5.32 Å². The number of hydrogen-bond donors (Lipinski definition) is 1. The second-order valence-corrected chi connectivity index (χ2v) is 8.31. The lowest BCUT2D eigenvalue weighted by atomic mass is 10.1. The van der Waals surface area contributed by atoms with Crippen molar-refractivity contribution in [2.45, 2.75) is 31.6 Å². The van der Waals surface area contributed by atoms with E-state index in [1.165, 1.54) is 29.2 Å². The highest BCUT2D eigenvalue weighted by atomic mass is 32.2. The maximum absolute atomic E-state index is 12.8. The van der Waals surface area contributed by atoms with E-state index in [0.717, 1.165) is 16.4 Å². The van der Waals surface area contributed by atoms with Crippen LogP contribution in [0.15, 0.2) is 78.7 Å². The molecule has 0 aliphatic heterocycles. The minimum Gasteiger partial charge on any atom is -0.347 e. The van der Waals surface area contributed by atoms with E-state index in [4.69, 9.17) is 0 Å². The summed E-state index contributed by atoms with van der Waals surface area (Å²) >= 11 is 1.42. The second-order valence-electron chi connectivity index (χ2n) is 7.36. The first kappa shape index (κ1) is 20.9. The summed E-state index contributed by atoms with van der Waals surface area (Å²) in [6, 6.07) is 16.1. The third-order valence-corrected chi connectivity index (χ3v) is 5.76. The molecule has 1 N–H and O–H groups in total. The normalized spacial score (nSPS) is 11.9. The highest BCUT2D eigenvalue weighted by molar-refractivity contribution is 7.99. The van der Waals surface area contributed by atoms with Crippen LogP contribution in [0.2, 0.25) is 0 Å². The smallest absolute Gasteiger partial charge is 0.231 e. The van der Waals surface area contributed by atoms with Crippen molar-refractivity contribution in [2.24, 2.45) is 0 Å². The van der Waals surface area contributed by atoms with Crippen LogP contribution in [-0.4, -0.2) is 36.0 Å². The summed E-state index contributed by atoms with van der Waals surface area (Å²) in [5.74, 6) is 0.205. The maximum Gasteiger partial charge on any atom is 0.231 e. The number of nitrogens with one attached hydrogen (secondary N) is 1. The van der Waals surface area contributed by atoms with E-state index in [1.807, 2.05) is 41.1 Å². The van der Waals surface area contributed by atoms with Crippen molar-refractivity contribution in [3.8, 4) is 5.69 Å². The van der Waals surface area contributed by atoms with Gasteiger partial charge in [-0.05, 0) is 42.7 Å². The van der Waals surface area contributed by atoms with Gasteiger partial charge < -0.3 is 5.32 Å². The number of amides is 1. The van der Waals surface area contributed by atoms with Crippen molar-refractivity contribution in [3.05, 3.63) is 90.3 Å². The Morgan fingerprint density at radius 3 is 2.61 bits per heavy atom. The zero-order valence-corrected chi connectivity index (χ0v) is 18.3. The molecule has 4 aromatic rings. The predicted octanol–water partition coefficient (Wildman–Crippen LogP) is 3.73. The van der Waals surface area contributed by atoms with Gasteiger partial charge in [-0.25, -0.2) is 9.97 Å². The van der Waals surface area contributed by atoms with Crippen LogP contribution in [0.4, 0.5) is 0 Å². The first-order valence-corrected chi connectivity index (χ1v) is 11.0. The highest BCUT2D eigenvalue weighted by Crippen LogP contribution is 2.23. The summed E-state index contributed by atoms with van der Waals surface area (Å²) in [7, 11) is 0. The Morgan fingerprint density at radius 2 is 1.90 bits per heavy atom. The van der Waals surface area contributed by atoms with Gasteiger partial charge in [0.05, 0.1) is 18.3 Å². The summed E-state index contributed by atoms with van der Waals surface area (Å²) in [5, 5.41) is 8.08. The third kappa shape index (κ3) is 5.40. The van der Waals surface area contributed by atoms with Crippen molar-refractivity contribution in [2.75, 3.05) is 5.75 Å². The number of carbonyl (C=O) groups excluding carboxylic acids is 1. The van der Waals surface area contributed by atoms with E-state index in [-0.39, 0.29) is 17.7 Å². The van der Waals surface area contributed by atoms with E-state index in [2.05, 4.69) is 52.4 Å². The average molecular weight is 433 g/mol. The lowest BCUT2D eigenvalue weighted by Crippen LogP contribution is -2.32. The molecule has 0 aliphatic carbocycles. The van der Waals surface area contributed by atoms with Crippen molar-refractivity contribution in [1.29, 1.82) is 0 Å². The van der Waals surface area contributed by atoms with Crippen molar-refractivity contribution in [3.63, 3.8) is 0 Å². The number of aromatic nitrogens is 5.